The molecule has 0 aromatic carbocycles. The van der Waals surface area contributed by atoms with E-state index in [4.69, 9.17) is 10.5 Å². The quantitative estimate of drug-likeness (QED) is 0.779. The number of nitrogen functional groups attached to an aromatic ring is 1. The number of nitrogens with two attached hydrogens (primary N) is 1. The van der Waals surface area contributed by atoms with Gasteiger partial charge in [-0.05, 0) is 18.6 Å². The molecule has 1 aromatic rings. The number of nitrogens with one attached hydrogen (secondary N) is 1. The van der Waals surface area contributed by atoms with Crippen LogP contribution in [-0.4, -0.2) is 30.6 Å². The minimum Gasteiger partial charge on any atom is -0.397 e. The highest BCUT2D eigenvalue weighted by Gasteiger charge is 2.13. The van der Waals surface area contributed by atoms with Crippen LogP contribution in [0, 0.1) is 0 Å². The van der Waals surface area contributed by atoms with Crippen LogP contribution in [0.1, 0.15) is 30.3 Å². The molecular weight excluding hydrogens is 218 g/mol. The van der Waals surface area contributed by atoms with Crippen molar-refractivity contribution >= 4 is 11.6 Å². The minimum absolute atomic E-state index is 0.0249. The number of anilines is 1. The second-order valence-electron chi connectivity index (χ2n) is 3.89. The van der Waals surface area contributed by atoms with Gasteiger partial charge in [-0.1, -0.05) is 13.3 Å². The Labute approximate surface area is 101 Å². The number of aromatic nitrogens is 1. The molecule has 0 saturated carbocycles. The summed E-state index contributed by atoms with van der Waals surface area (Å²) in [5.41, 5.74) is 6.43. The van der Waals surface area contributed by atoms with Gasteiger partial charge >= 0.3 is 0 Å². The van der Waals surface area contributed by atoms with Crippen LogP contribution in [0.2, 0.25) is 0 Å². The van der Waals surface area contributed by atoms with E-state index in [0.29, 0.717) is 18.0 Å². The third-order valence-corrected chi connectivity index (χ3v) is 2.36. The molecule has 1 atom stereocenters. The van der Waals surface area contributed by atoms with Gasteiger partial charge in [0.05, 0.1) is 24.5 Å². The van der Waals surface area contributed by atoms with Crippen molar-refractivity contribution in [3.8, 4) is 0 Å². The zero-order chi connectivity index (χ0) is 12.7. The number of ether oxygens (including phenoxy) is 1. The first-order valence-electron chi connectivity index (χ1n) is 5.68. The number of nitrogens with zero attached hydrogens (tertiary/aromatic N) is 1. The Bertz CT molecular complexity index is 345. The van der Waals surface area contributed by atoms with E-state index < -0.39 is 0 Å². The first-order valence-corrected chi connectivity index (χ1v) is 5.68. The van der Waals surface area contributed by atoms with Crippen molar-refractivity contribution in [2.45, 2.75) is 25.8 Å². The maximum atomic E-state index is 11.8. The highest BCUT2D eigenvalue weighted by molar-refractivity contribution is 5.92. The molecular formula is C12H19N3O2. The lowest BCUT2D eigenvalue weighted by molar-refractivity contribution is 0.0886. The molecule has 1 amide bonds. The number of rotatable bonds is 6. The predicted octanol–water partition coefficient (Wildman–Crippen LogP) is 1.21. The van der Waals surface area contributed by atoms with Crippen LogP contribution >= 0.6 is 0 Å². The zero-order valence-corrected chi connectivity index (χ0v) is 10.3. The SMILES string of the molecule is CCCC(COC)NC(=O)c1ccc(N)cn1. The largest absolute Gasteiger partial charge is 0.397 e. The Balaban J connectivity index is 2.60. The molecule has 0 bridgehead atoms. The van der Waals surface area contributed by atoms with Crippen molar-refractivity contribution in [2.75, 3.05) is 19.5 Å². The van der Waals surface area contributed by atoms with Crippen LogP contribution in [0.3, 0.4) is 0 Å². The van der Waals surface area contributed by atoms with Gasteiger partial charge in [0.15, 0.2) is 0 Å². The molecule has 1 heterocycles. The van der Waals surface area contributed by atoms with Crippen molar-refractivity contribution in [3.63, 3.8) is 0 Å². The van der Waals surface area contributed by atoms with Gasteiger partial charge < -0.3 is 15.8 Å². The number of amides is 1. The molecule has 17 heavy (non-hydrogen) atoms. The van der Waals surface area contributed by atoms with Crippen LogP contribution in [0.5, 0.6) is 0 Å². The van der Waals surface area contributed by atoms with Crippen LogP contribution in [0.15, 0.2) is 18.3 Å². The summed E-state index contributed by atoms with van der Waals surface area (Å²) < 4.78 is 5.06. The van der Waals surface area contributed by atoms with Crippen molar-refractivity contribution in [1.82, 2.24) is 10.3 Å². The standard InChI is InChI=1S/C12H19N3O2/c1-3-4-10(8-17-2)15-12(16)11-6-5-9(13)7-14-11/h5-7,10H,3-4,8,13H2,1-2H3,(H,15,16). The van der Waals surface area contributed by atoms with Crippen molar-refractivity contribution in [2.24, 2.45) is 0 Å². The lowest BCUT2D eigenvalue weighted by atomic mass is 10.1. The molecule has 0 aliphatic rings. The molecule has 0 fully saturated rings. The summed E-state index contributed by atoms with van der Waals surface area (Å²) in [6.07, 6.45) is 3.35. The molecule has 0 spiro atoms. The number of carbonyl (C=O) groups is 1. The van der Waals surface area contributed by atoms with Gasteiger partial charge in [0.1, 0.15) is 5.69 Å². The van der Waals surface area contributed by atoms with E-state index in [1.165, 1.54) is 6.20 Å². The van der Waals surface area contributed by atoms with E-state index in [2.05, 4.69) is 17.2 Å². The zero-order valence-electron chi connectivity index (χ0n) is 10.3. The highest BCUT2D eigenvalue weighted by atomic mass is 16.5. The first-order chi connectivity index (χ1) is 8.17. The van der Waals surface area contributed by atoms with Crippen LogP contribution in [0.4, 0.5) is 5.69 Å². The summed E-state index contributed by atoms with van der Waals surface area (Å²) in [6.45, 7) is 2.57. The second kappa shape index (κ2) is 6.85. The number of carbonyl (C=O) groups excluding carboxylic acids is 1. The normalized spacial score (nSPS) is 12.1. The summed E-state index contributed by atoms with van der Waals surface area (Å²) in [5.74, 6) is -0.194. The van der Waals surface area contributed by atoms with E-state index in [1.807, 2.05) is 0 Å². The van der Waals surface area contributed by atoms with Gasteiger partial charge in [0.25, 0.3) is 5.91 Å². The molecule has 0 aliphatic heterocycles. The van der Waals surface area contributed by atoms with E-state index in [1.54, 1.807) is 19.2 Å². The monoisotopic (exact) mass is 237 g/mol. The summed E-state index contributed by atoms with van der Waals surface area (Å²) >= 11 is 0. The number of methoxy groups -OCH3 is 1. The summed E-state index contributed by atoms with van der Waals surface area (Å²) in [5, 5.41) is 2.89. The van der Waals surface area contributed by atoms with Crippen molar-refractivity contribution < 1.29 is 9.53 Å². The van der Waals surface area contributed by atoms with E-state index >= 15 is 0 Å². The minimum atomic E-state index is -0.194. The fourth-order valence-corrected chi connectivity index (χ4v) is 1.55. The Morgan fingerprint density at radius 3 is 2.88 bits per heavy atom. The smallest absolute Gasteiger partial charge is 0.270 e. The second-order valence-corrected chi connectivity index (χ2v) is 3.89. The van der Waals surface area contributed by atoms with Gasteiger partial charge in [-0.2, -0.15) is 0 Å². The Morgan fingerprint density at radius 2 is 2.35 bits per heavy atom. The number of hydrogen-bond donors (Lipinski definition) is 2. The summed E-state index contributed by atoms with van der Waals surface area (Å²) in [4.78, 5) is 15.8. The molecule has 0 aliphatic carbocycles. The molecule has 1 rings (SSSR count). The topological polar surface area (TPSA) is 77.2 Å². The van der Waals surface area contributed by atoms with E-state index in [9.17, 15) is 4.79 Å². The van der Waals surface area contributed by atoms with Crippen molar-refractivity contribution in [1.29, 1.82) is 0 Å². The maximum absolute atomic E-state index is 11.8. The number of hydrogen-bond acceptors (Lipinski definition) is 4. The molecule has 5 nitrogen and oxygen atoms in total. The van der Waals surface area contributed by atoms with E-state index in [-0.39, 0.29) is 11.9 Å². The van der Waals surface area contributed by atoms with Crippen LogP contribution < -0.4 is 11.1 Å². The Morgan fingerprint density at radius 1 is 1.59 bits per heavy atom. The van der Waals surface area contributed by atoms with Crippen LogP contribution in [-0.2, 0) is 4.74 Å². The average Bonchev–Trinajstić information content (AvgIpc) is 2.30. The summed E-state index contributed by atoms with van der Waals surface area (Å²) in [6, 6.07) is 3.30. The van der Waals surface area contributed by atoms with Gasteiger partial charge in [0, 0.05) is 7.11 Å². The highest BCUT2D eigenvalue weighted by Crippen LogP contribution is 2.03. The lowest BCUT2D eigenvalue weighted by Crippen LogP contribution is -2.38. The molecule has 5 heteroatoms. The molecule has 94 valence electrons. The molecule has 3 N–H and O–H groups in total. The third kappa shape index (κ3) is 4.40. The van der Waals surface area contributed by atoms with Gasteiger partial charge in [-0.15, -0.1) is 0 Å². The average molecular weight is 237 g/mol. The van der Waals surface area contributed by atoms with Gasteiger partial charge in [0.2, 0.25) is 0 Å². The third-order valence-electron chi connectivity index (χ3n) is 2.36. The molecule has 0 saturated heterocycles. The number of pyridine rings is 1. The van der Waals surface area contributed by atoms with Crippen LogP contribution in [0.25, 0.3) is 0 Å². The Hall–Kier alpha value is -1.62. The Kier molecular flexibility index (Phi) is 5.42. The fraction of sp³-hybridized carbons (Fsp3) is 0.500. The molecule has 0 radical (unpaired) electrons. The molecule has 1 aromatic heterocycles. The fourth-order valence-electron chi connectivity index (χ4n) is 1.55. The lowest BCUT2D eigenvalue weighted by Gasteiger charge is -2.16. The van der Waals surface area contributed by atoms with E-state index in [0.717, 1.165) is 12.8 Å². The van der Waals surface area contributed by atoms with Gasteiger partial charge in [-0.3, -0.25) is 4.79 Å². The predicted molar refractivity (Wildman–Crippen MR) is 66.7 cm³/mol. The summed E-state index contributed by atoms with van der Waals surface area (Å²) in [7, 11) is 1.62. The molecule has 1 unspecified atom stereocenters. The van der Waals surface area contributed by atoms with Crippen molar-refractivity contribution in [3.05, 3.63) is 24.0 Å². The maximum Gasteiger partial charge on any atom is 0.270 e. The van der Waals surface area contributed by atoms with Gasteiger partial charge in [-0.25, -0.2) is 4.98 Å². The first kappa shape index (κ1) is 13.4.